The summed E-state index contributed by atoms with van der Waals surface area (Å²) in [6, 6.07) is 6.15. The molecule has 0 bridgehead atoms. The summed E-state index contributed by atoms with van der Waals surface area (Å²) in [6.07, 6.45) is 0. The molecule has 2 nitrogen and oxygen atoms in total. The lowest BCUT2D eigenvalue weighted by Gasteiger charge is -2.08. The second-order valence-corrected chi connectivity index (χ2v) is 8.13. The maximum Gasteiger partial charge on any atom is 0.141 e. The van der Waals surface area contributed by atoms with Crippen LogP contribution in [0.1, 0.15) is 11.1 Å². The lowest BCUT2D eigenvalue weighted by Crippen LogP contribution is -2.30. The van der Waals surface area contributed by atoms with Crippen molar-refractivity contribution < 1.29 is 0 Å². The Hall–Kier alpha value is -1.15. The van der Waals surface area contributed by atoms with Crippen LogP contribution in [-0.4, -0.2) is 33.3 Å². The summed E-state index contributed by atoms with van der Waals surface area (Å²) >= 11 is 20.6. The molecular weight excluding hydrogens is 381 g/mol. The van der Waals surface area contributed by atoms with Gasteiger partial charge in [0.25, 0.3) is 0 Å². The van der Waals surface area contributed by atoms with E-state index < -0.39 is 0 Å². The number of anilines is 2. The number of thiol groups is 2. The summed E-state index contributed by atoms with van der Waals surface area (Å²) in [5.74, 6) is 0. The molecule has 2 aromatic carbocycles. The lowest BCUT2D eigenvalue weighted by atomic mass is 9.77. The summed E-state index contributed by atoms with van der Waals surface area (Å²) in [5.41, 5.74) is 9.31. The van der Waals surface area contributed by atoms with E-state index in [2.05, 4.69) is 63.7 Å². The monoisotopic (exact) mass is 394 g/mol. The summed E-state index contributed by atoms with van der Waals surface area (Å²) < 4.78 is 0. The van der Waals surface area contributed by atoms with Crippen LogP contribution in [0.3, 0.4) is 0 Å². The molecule has 2 aliphatic heterocycles. The molecule has 0 radical (unpaired) electrons. The smallest absolute Gasteiger partial charge is 0.141 e. The zero-order valence-electron chi connectivity index (χ0n) is 13.9. The first-order valence-electron chi connectivity index (χ1n) is 7.84. The first kappa shape index (κ1) is 17.3. The highest BCUT2D eigenvalue weighted by Crippen LogP contribution is 2.36. The summed E-state index contributed by atoms with van der Waals surface area (Å²) in [6.45, 7) is 0. The number of nitrogens with one attached hydrogen (secondary N) is 2. The van der Waals surface area contributed by atoms with E-state index in [-0.39, 0.29) is 0 Å². The minimum Gasteiger partial charge on any atom is -0.352 e. The van der Waals surface area contributed by atoms with Crippen molar-refractivity contribution in [3.8, 4) is 0 Å². The van der Waals surface area contributed by atoms with Crippen molar-refractivity contribution in [3.63, 3.8) is 0 Å². The lowest BCUT2D eigenvalue weighted by molar-refractivity contribution is 1.30. The Morgan fingerprint density at radius 2 is 1.36 bits per heavy atom. The number of fused-ring (bicyclic) bond motifs is 2. The average molecular weight is 394 g/mol. The molecule has 2 aromatic rings. The Bertz CT molecular complexity index is 1050. The fourth-order valence-electron chi connectivity index (χ4n) is 3.38. The maximum atomic E-state index is 5.78. The molecule has 2 N–H and O–H groups in total. The first-order valence-corrected chi connectivity index (χ1v) is 9.55. The highest BCUT2D eigenvalue weighted by molar-refractivity contribution is 7.84. The Morgan fingerprint density at radius 1 is 0.800 bits per heavy atom. The summed E-state index contributed by atoms with van der Waals surface area (Å²) in [7, 11) is 6.23. The average Bonchev–Trinajstić information content (AvgIpc) is 3.06. The van der Waals surface area contributed by atoms with Gasteiger partial charge in [-0.25, -0.2) is 0 Å². The molecular formula is C16H13B3N2S4. The van der Waals surface area contributed by atoms with Gasteiger partial charge in [0.2, 0.25) is 0 Å². The quantitative estimate of drug-likeness (QED) is 0.204. The van der Waals surface area contributed by atoms with E-state index in [1.54, 1.807) is 0 Å². The molecule has 0 aliphatic carbocycles. The van der Waals surface area contributed by atoms with Crippen molar-refractivity contribution in [2.24, 2.45) is 0 Å². The van der Waals surface area contributed by atoms with Gasteiger partial charge in [-0.1, -0.05) is 46.9 Å². The van der Waals surface area contributed by atoms with Gasteiger partial charge in [-0.2, -0.15) is 0 Å². The van der Waals surface area contributed by atoms with Crippen LogP contribution in [0.4, 0.5) is 11.4 Å². The van der Waals surface area contributed by atoms with Crippen molar-refractivity contribution in [1.82, 2.24) is 0 Å². The molecule has 0 amide bonds. The van der Waals surface area contributed by atoms with E-state index >= 15 is 0 Å². The van der Waals surface area contributed by atoms with Crippen LogP contribution in [0, 0.1) is 0 Å². The van der Waals surface area contributed by atoms with E-state index in [1.165, 1.54) is 10.9 Å². The molecule has 0 atom stereocenters. The van der Waals surface area contributed by atoms with E-state index in [9.17, 15) is 0 Å². The predicted octanol–water partition coefficient (Wildman–Crippen LogP) is -0.762. The third-order valence-corrected chi connectivity index (χ3v) is 6.86. The summed E-state index contributed by atoms with van der Waals surface area (Å²) in [5, 5.41) is 6.90. The third-order valence-electron chi connectivity index (χ3n) is 4.94. The molecule has 0 saturated heterocycles. The highest BCUT2D eigenvalue weighted by atomic mass is 32.1. The van der Waals surface area contributed by atoms with Crippen LogP contribution in [0.5, 0.6) is 0 Å². The zero-order valence-corrected chi connectivity index (χ0v) is 17.4. The molecule has 0 saturated carbocycles. The third kappa shape index (κ3) is 2.44. The Balaban J connectivity index is 1.87. The molecule has 120 valence electrons. The van der Waals surface area contributed by atoms with Crippen molar-refractivity contribution in [1.29, 1.82) is 0 Å². The first-order chi connectivity index (χ1) is 11.8. The number of thiocarbonyl (C=S) groups is 2. The molecule has 2 aliphatic rings. The molecule has 0 unspecified atom stereocenters. The fourth-order valence-corrected chi connectivity index (χ4v) is 4.68. The van der Waals surface area contributed by atoms with Crippen LogP contribution in [0.25, 0.3) is 0 Å². The van der Waals surface area contributed by atoms with E-state index in [4.69, 9.17) is 24.4 Å². The van der Waals surface area contributed by atoms with Gasteiger partial charge in [0.05, 0.1) is 21.1 Å². The number of benzene rings is 2. The standard InChI is InChI=1S/C16H13B3N2S4/c17-4-1-2-5-8(10(4)18)15(24)12(20-5)13-16(25)9-6(21-13)3-7(22)14(23)11(9)19/h1-3,20-23H,17-19H2/b13-12+. The zero-order chi connectivity index (χ0) is 18.0. The number of hydrogen-bond acceptors (Lipinski definition) is 6. The van der Waals surface area contributed by atoms with Crippen LogP contribution in [-0.2, 0) is 0 Å². The molecule has 0 fully saturated rings. The van der Waals surface area contributed by atoms with Gasteiger partial charge in [0, 0.05) is 32.3 Å². The van der Waals surface area contributed by atoms with Gasteiger partial charge in [-0.05, 0) is 12.1 Å². The van der Waals surface area contributed by atoms with Crippen molar-refractivity contribution in [2.75, 3.05) is 10.6 Å². The van der Waals surface area contributed by atoms with Gasteiger partial charge in [0.15, 0.2) is 0 Å². The normalized spacial score (nSPS) is 18.0. The number of hydrogen-bond donors (Lipinski definition) is 4. The minimum absolute atomic E-state index is 0.767. The Kier molecular flexibility index (Phi) is 4.11. The molecule has 0 aromatic heterocycles. The van der Waals surface area contributed by atoms with Crippen LogP contribution >= 0.6 is 49.7 Å². The fraction of sp³-hybridized carbons (Fsp3) is 0. The highest BCUT2D eigenvalue weighted by Gasteiger charge is 2.32. The number of allylic oxidation sites excluding steroid dienone is 2. The topological polar surface area (TPSA) is 24.1 Å². The molecule has 4 rings (SSSR count). The summed E-state index contributed by atoms with van der Waals surface area (Å²) in [4.78, 5) is 3.26. The second kappa shape index (κ2) is 5.94. The SMILES string of the molecule is Bc1ccc2c(c1B)C(=S)/C(=C1\Nc3cc(S)c(S)c(B)c3C1=S)N2. The van der Waals surface area contributed by atoms with Crippen LogP contribution in [0.15, 0.2) is 39.4 Å². The Morgan fingerprint density at radius 3 is 2.00 bits per heavy atom. The second-order valence-electron chi connectivity index (χ2n) is 6.38. The van der Waals surface area contributed by atoms with Gasteiger partial charge in [-0.15, -0.1) is 25.3 Å². The maximum absolute atomic E-state index is 5.78. The van der Waals surface area contributed by atoms with Crippen molar-refractivity contribution in [3.05, 3.63) is 40.7 Å². The van der Waals surface area contributed by atoms with Crippen LogP contribution in [0.2, 0.25) is 0 Å². The van der Waals surface area contributed by atoms with E-state index in [0.29, 0.717) is 0 Å². The minimum atomic E-state index is 0.767. The van der Waals surface area contributed by atoms with Gasteiger partial charge < -0.3 is 10.6 Å². The van der Waals surface area contributed by atoms with Crippen molar-refractivity contribution >= 4 is 111 Å². The van der Waals surface area contributed by atoms with E-state index in [1.807, 2.05) is 13.9 Å². The van der Waals surface area contributed by atoms with Crippen LogP contribution < -0.4 is 27.0 Å². The van der Waals surface area contributed by atoms with Gasteiger partial charge in [-0.3, -0.25) is 0 Å². The van der Waals surface area contributed by atoms with Crippen molar-refractivity contribution in [2.45, 2.75) is 9.79 Å². The van der Waals surface area contributed by atoms with E-state index in [0.717, 1.165) is 58.9 Å². The molecule has 9 heteroatoms. The largest absolute Gasteiger partial charge is 0.352 e. The predicted molar refractivity (Wildman–Crippen MR) is 130 cm³/mol. The molecule has 2 heterocycles. The Labute approximate surface area is 171 Å². The number of rotatable bonds is 0. The van der Waals surface area contributed by atoms with Gasteiger partial charge >= 0.3 is 0 Å². The van der Waals surface area contributed by atoms with Gasteiger partial charge in [0.1, 0.15) is 23.5 Å². The molecule has 0 spiro atoms. The molecule has 25 heavy (non-hydrogen) atoms.